The molecule has 4 heteroatoms. The Bertz CT molecular complexity index is 587. The molecule has 0 aliphatic heterocycles. The number of halogens is 1. The minimum atomic E-state index is -0.270. The molecule has 1 N–H and O–H groups in total. The molecule has 0 heterocycles. The number of nitrogens with zero attached hydrogens (tertiary/aromatic N) is 1. The van der Waals surface area contributed by atoms with Crippen LogP contribution in [-0.2, 0) is 4.79 Å². The van der Waals surface area contributed by atoms with Crippen LogP contribution in [0.25, 0.3) is 0 Å². The summed E-state index contributed by atoms with van der Waals surface area (Å²) in [7, 11) is 0. The number of amides is 1. The summed E-state index contributed by atoms with van der Waals surface area (Å²) in [6.07, 6.45) is 10.0. The Morgan fingerprint density at radius 2 is 1.70 bits per heavy atom. The van der Waals surface area contributed by atoms with Crippen LogP contribution in [0, 0.1) is 29.0 Å². The van der Waals surface area contributed by atoms with Gasteiger partial charge in [0.1, 0.15) is 5.82 Å². The third-order valence-electron chi connectivity index (χ3n) is 5.97. The summed E-state index contributed by atoms with van der Waals surface area (Å²) < 4.78 is 12.8. The Balaban J connectivity index is 1.34. The second-order valence-electron chi connectivity index (χ2n) is 7.94. The topological polar surface area (TPSA) is 41.5 Å². The molecule has 5 rings (SSSR count). The third-order valence-corrected chi connectivity index (χ3v) is 5.97. The number of hydrogen-bond donors (Lipinski definition) is 1. The van der Waals surface area contributed by atoms with Gasteiger partial charge < -0.3 is 0 Å². The molecule has 1 aromatic carbocycles. The summed E-state index contributed by atoms with van der Waals surface area (Å²) in [5.41, 5.74) is 3.68. The lowest BCUT2D eigenvalue weighted by atomic mass is 9.49. The normalized spacial score (nSPS) is 34.9. The Hall–Kier alpha value is -1.71. The fourth-order valence-electron chi connectivity index (χ4n) is 5.61. The van der Waals surface area contributed by atoms with Crippen molar-refractivity contribution in [2.24, 2.45) is 28.3 Å². The van der Waals surface area contributed by atoms with Crippen LogP contribution in [0.15, 0.2) is 29.4 Å². The van der Waals surface area contributed by atoms with Gasteiger partial charge in [-0.05, 0) is 79.4 Å². The molecule has 0 unspecified atom stereocenters. The van der Waals surface area contributed by atoms with Gasteiger partial charge in [-0.25, -0.2) is 9.82 Å². The van der Waals surface area contributed by atoms with Crippen molar-refractivity contribution in [3.8, 4) is 0 Å². The molecule has 1 amide bonds. The van der Waals surface area contributed by atoms with E-state index in [1.807, 2.05) is 0 Å². The molecule has 1 aromatic rings. The molecule has 122 valence electrons. The molecular formula is C19H23FN2O. The zero-order valence-corrected chi connectivity index (χ0v) is 13.3. The minimum Gasteiger partial charge on any atom is -0.273 e. The molecular weight excluding hydrogens is 291 g/mol. The van der Waals surface area contributed by atoms with Gasteiger partial charge in [0, 0.05) is 6.42 Å². The first-order valence-electron chi connectivity index (χ1n) is 8.68. The maximum atomic E-state index is 12.8. The molecule has 0 atom stereocenters. The van der Waals surface area contributed by atoms with Crippen LogP contribution in [0.4, 0.5) is 4.39 Å². The van der Waals surface area contributed by atoms with Gasteiger partial charge >= 0.3 is 0 Å². The van der Waals surface area contributed by atoms with Gasteiger partial charge in [0.15, 0.2) is 0 Å². The van der Waals surface area contributed by atoms with Gasteiger partial charge in [0.2, 0.25) is 5.91 Å². The van der Waals surface area contributed by atoms with Crippen LogP contribution >= 0.6 is 0 Å². The third kappa shape index (κ3) is 3.17. The molecule has 4 bridgehead atoms. The van der Waals surface area contributed by atoms with Crippen molar-refractivity contribution < 1.29 is 9.18 Å². The summed E-state index contributed by atoms with van der Waals surface area (Å²) in [4.78, 5) is 12.3. The number of benzene rings is 1. The summed E-state index contributed by atoms with van der Waals surface area (Å²) in [5, 5.41) is 4.02. The van der Waals surface area contributed by atoms with Crippen molar-refractivity contribution in [3.05, 3.63) is 35.6 Å². The largest absolute Gasteiger partial charge is 0.273 e. The highest BCUT2D eigenvalue weighted by atomic mass is 19.1. The molecule has 0 spiro atoms. The predicted octanol–water partition coefficient (Wildman–Crippen LogP) is 3.88. The van der Waals surface area contributed by atoms with Crippen LogP contribution in [-0.4, -0.2) is 12.1 Å². The van der Waals surface area contributed by atoms with Gasteiger partial charge in [-0.15, -0.1) is 0 Å². The number of carbonyl (C=O) groups is 1. The maximum absolute atomic E-state index is 12.8. The first kappa shape index (κ1) is 14.9. The van der Waals surface area contributed by atoms with E-state index in [1.54, 1.807) is 18.3 Å². The molecule has 4 aliphatic rings. The molecule has 4 saturated carbocycles. The van der Waals surface area contributed by atoms with E-state index >= 15 is 0 Å². The number of nitrogens with one attached hydrogen (secondary N) is 1. The SMILES string of the molecule is O=C(CC12CC3CC(CC(C3)C1)C2)NN=Cc1ccc(F)cc1. The van der Waals surface area contributed by atoms with E-state index in [1.165, 1.54) is 50.7 Å². The fourth-order valence-corrected chi connectivity index (χ4v) is 5.61. The number of carbonyl (C=O) groups excluding carboxylic acids is 1. The Kier molecular flexibility index (Phi) is 3.70. The fraction of sp³-hybridized carbons (Fsp3) is 0.579. The smallest absolute Gasteiger partial charge is 0.240 e. The van der Waals surface area contributed by atoms with Gasteiger partial charge in [0.25, 0.3) is 0 Å². The molecule has 0 aromatic heterocycles. The van der Waals surface area contributed by atoms with Crippen molar-refractivity contribution in [2.75, 3.05) is 0 Å². The lowest BCUT2D eigenvalue weighted by Gasteiger charge is -2.56. The summed E-state index contributed by atoms with van der Waals surface area (Å²) in [5.74, 6) is 2.32. The average molecular weight is 314 g/mol. The standard InChI is InChI=1S/C19H23FN2O/c20-17-3-1-13(2-4-17)12-21-22-18(23)11-19-8-14-5-15(9-19)7-16(6-14)10-19/h1-4,12,14-16H,5-11H2,(H,22,23). The van der Waals surface area contributed by atoms with E-state index in [2.05, 4.69) is 10.5 Å². The quantitative estimate of drug-likeness (QED) is 0.665. The zero-order valence-electron chi connectivity index (χ0n) is 13.3. The molecule has 3 nitrogen and oxygen atoms in total. The van der Waals surface area contributed by atoms with Crippen molar-refractivity contribution >= 4 is 12.1 Å². The van der Waals surface area contributed by atoms with Crippen molar-refractivity contribution in [1.82, 2.24) is 5.43 Å². The minimum absolute atomic E-state index is 0.0188. The molecule has 23 heavy (non-hydrogen) atoms. The second-order valence-corrected chi connectivity index (χ2v) is 7.94. The summed E-state index contributed by atoms with van der Waals surface area (Å²) >= 11 is 0. The Labute approximate surface area is 136 Å². The number of hydrogen-bond acceptors (Lipinski definition) is 2. The van der Waals surface area contributed by atoms with E-state index in [4.69, 9.17) is 0 Å². The number of hydrazone groups is 1. The highest BCUT2D eigenvalue weighted by Gasteiger charge is 2.51. The first-order valence-corrected chi connectivity index (χ1v) is 8.68. The number of rotatable bonds is 4. The summed E-state index contributed by atoms with van der Waals surface area (Å²) in [6, 6.07) is 6.06. The van der Waals surface area contributed by atoms with Crippen molar-refractivity contribution in [3.63, 3.8) is 0 Å². The maximum Gasteiger partial charge on any atom is 0.240 e. The van der Waals surface area contributed by atoms with Gasteiger partial charge in [-0.3, -0.25) is 4.79 Å². The zero-order chi connectivity index (χ0) is 15.9. The van der Waals surface area contributed by atoms with E-state index in [0.29, 0.717) is 6.42 Å². The molecule has 4 fully saturated rings. The highest BCUT2D eigenvalue weighted by Crippen LogP contribution is 2.61. The highest BCUT2D eigenvalue weighted by molar-refractivity contribution is 5.82. The molecule has 0 saturated heterocycles. The van der Waals surface area contributed by atoms with Gasteiger partial charge in [-0.1, -0.05) is 12.1 Å². The Morgan fingerprint density at radius 3 is 2.26 bits per heavy atom. The van der Waals surface area contributed by atoms with Crippen LogP contribution < -0.4 is 5.43 Å². The van der Waals surface area contributed by atoms with E-state index in [-0.39, 0.29) is 17.1 Å². The Morgan fingerprint density at radius 1 is 1.13 bits per heavy atom. The monoisotopic (exact) mass is 314 g/mol. The lowest BCUT2D eigenvalue weighted by molar-refractivity contribution is -0.129. The lowest BCUT2D eigenvalue weighted by Crippen LogP contribution is -2.47. The summed E-state index contributed by atoms with van der Waals surface area (Å²) in [6.45, 7) is 0. The van der Waals surface area contributed by atoms with Crippen molar-refractivity contribution in [1.29, 1.82) is 0 Å². The van der Waals surface area contributed by atoms with Gasteiger partial charge in [-0.2, -0.15) is 5.10 Å². The predicted molar refractivity (Wildman–Crippen MR) is 87.4 cm³/mol. The van der Waals surface area contributed by atoms with Crippen LogP contribution in [0.2, 0.25) is 0 Å². The van der Waals surface area contributed by atoms with Crippen LogP contribution in [0.3, 0.4) is 0 Å². The van der Waals surface area contributed by atoms with E-state index in [9.17, 15) is 9.18 Å². The second kappa shape index (κ2) is 5.73. The van der Waals surface area contributed by atoms with E-state index in [0.717, 1.165) is 23.3 Å². The first-order chi connectivity index (χ1) is 11.1. The van der Waals surface area contributed by atoms with Crippen LogP contribution in [0.1, 0.15) is 50.5 Å². The molecule has 4 aliphatic carbocycles. The van der Waals surface area contributed by atoms with Gasteiger partial charge in [0.05, 0.1) is 6.21 Å². The van der Waals surface area contributed by atoms with Crippen molar-refractivity contribution in [2.45, 2.75) is 44.9 Å². The van der Waals surface area contributed by atoms with E-state index < -0.39 is 0 Å². The molecule has 0 radical (unpaired) electrons. The van der Waals surface area contributed by atoms with Crippen LogP contribution in [0.5, 0.6) is 0 Å². The average Bonchev–Trinajstić information content (AvgIpc) is 2.47.